The van der Waals surface area contributed by atoms with Crippen molar-refractivity contribution in [2.45, 2.75) is 45.6 Å². The van der Waals surface area contributed by atoms with E-state index in [1.54, 1.807) is 0 Å². The van der Waals surface area contributed by atoms with E-state index in [4.69, 9.17) is 5.26 Å². The summed E-state index contributed by atoms with van der Waals surface area (Å²) in [5.74, 6) is 0. The van der Waals surface area contributed by atoms with Gasteiger partial charge in [-0.3, -0.25) is 0 Å². The minimum Gasteiger partial charge on any atom is -0.301 e. The van der Waals surface area contributed by atoms with Crippen molar-refractivity contribution in [3.63, 3.8) is 0 Å². The molecule has 0 aromatic carbocycles. The molecule has 12 heavy (non-hydrogen) atoms. The van der Waals surface area contributed by atoms with Crippen molar-refractivity contribution in [1.29, 1.82) is 5.26 Å². The van der Waals surface area contributed by atoms with Crippen molar-refractivity contribution in [2.24, 2.45) is 5.41 Å². The Kier molecular flexibility index (Phi) is 3.11. The molecule has 1 aliphatic rings. The van der Waals surface area contributed by atoms with E-state index in [0.717, 1.165) is 13.0 Å². The van der Waals surface area contributed by atoms with Crippen LogP contribution in [0.25, 0.3) is 0 Å². The zero-order valence-corrected chi connectivity index (χ0v) is 8.06. The molecule has 2 heteroatoms. The van der Waals surface area contributed by atoms with Gasteiger partial charge in [0.15, 0.2) is 0 Å². The van der Waals surface area contributed by atoms with Gasteiger partial charge in [-0.25, -0.2) is 0 Å². The van der Waals surface area contributed by atoms with Gasteiger partial charge < -0.3 is 5.32 Å². The molecule has 1 saturated heterocycles. The molecule has 1 N–H and O–H groups in total. The van der Waals surface area contributed by atoms with Gasteiger partial charge in [0.2, 0.25) is 0 Å². The molecule has 1 aliphatic heterocycles. The minimum absolute atomic E-state index is 0.0752. The van der Waals surface area contributed by atoms with Crippen LogP contribution in [-0.2, 0) is 0 Å². The molecule has 2 unspecified atom stereocenters. The Morgan fingerprint density at radius 1 is 1.67 bits per heavy atom. The van der Waals surface area contributed by atoms with Crippen molar-refractivity contribution in [1.82, 2.24) is 5.32 Å². The van der Waals surface area contributed by atoms with E-state index in [-0.39, 0.29) is 11.5 Å². The normalized spacial score (nSPS) is 35.9. The van der Waals surface area contributed by atoms with Crippen molar-refractivity contribution in [2.75, 3.05) is 6.54 Å². The van der Waals surface area contributed by atoms with Crippen molar-refractivity contribution < 1.29 is 0 Å². The van der Waals surface area contributed by atoms with Crippen LogP contribution < -0.4 is 5.32 Å². The van der Waals surface area contributed by atoms with E-state index in [1.165, 1.54) is 19.3 Å². The first kappa shape index (κ1) is 9.54. The second kappa shape index (κ2) is 3.91. The van der Waals surface area contributed by atoms with Crippen LogP contribution in [0.1, 0.15) is 39.5 Å². The molecule has 1 fully saturated rings. The topological polar surface area (TPSA) is 35.8 Å². The molecule has 2 atom stereocenters. The number of nitriles is 1. The van der Waals surface area contributed by atoms with Crippen LogP contribution in [0.3, 0.4) is 0 Å². The molecule has 1 rings (SSSR count). The predicted octanol–water partition coefficient (Wildman–Crippen LogP) is 2.07. The van der Waals surface area contributed by atoms with Gasteiger partial charge in [-0.05, 0) is 31.2 Å². The van der Waals surface area contributed by atoms with Gasteiger partial charge in [0, 0.05) is 0 Å². The van der Waals surface area contributed by atoms with Gasteiger partial charge in [0.05, 0.1) is 6.07 Å². The lowest BCUT2D eigenvalue weighted by Gasteiger charge is -2.38. The van der Waals surface area contributed by atoms with Crippen LogP contribution in [0, 0.1) is 16.7 Å². The molecular weight excluding hydrogens is 148 g/mol. The van der Waals surface area contributed by atoms with Crippen molar-refractivity contribution in [3.05, 3.63) is 0 Å². The van der Waals surface area contributed by atoms with E-state index in [1.807, 2.05) is 0 Å². The van der Waals surface area contributed by atoms with Gasteiger partial charge in [0.25, 0.3) is 0 Å². The fraction of sp³-hybridized carbons (Fsp3) is 0.900. The van der Waals surface area contributed by atoms with Gasteiger partial charge in [0.1, 0.15) is 6.04 Å². The molecule has 68 valence electrons. The lowest BCUT2D eigenvalue weighted by Crippen LogP contribution is -2.47. The van der Waals surface area contributed by atoms with Crippen molar-refractivity contribution >= 4 is 0 Å². The summed E-state index contributed by atoms with van der Waals surface area (Å²) in [6.45, 7) is 5.43. The Hall–Kier alpha value is -0.550. The summed E-state index contributed by atoms with van der Waals surface area (Å²) in [6, 6.07) is 2.44. The van der Waals surface area contributed by atoms with E-state index in [0.29, 0.717) is 0 Å². The first-order valence-electron chi connectivity index (χ1n) is 4.86. The average Bonchev–Trinajstić information content (AvgIpc) is 2.05. The zero-order chi connectivity index (χ0) is 9.03. The summed E-state index contributed by atoms with van der Waals surface area (Å²) in [5.41, 5.74) is 0.224. The molecule has 0 spiro atoms. The summed E-state index contributed by atoms with van der Waals surface area (Å²) in [6.07, 6.45) is 4.76. The molecule has 0 radical (unpaired) electrons. The molecular formula is C10H18N2. The highest BCUT2D eigenvalue weighted by atomic mass is 14.9. The smallest absolute Gasteiger partial charge is 0.101 e. The Morgan fingerprint density at radius 2 is 2.42 bits per heavy atom. The highest BCUT2D eigenvalue weighted by Gasteiger charge is 2.35. The van der Waals surface area contributed by atoms with E-state index >= 15 is 0 Å². The Balaban J connectivity index is 2.63. The van der Waals surface area contributed by atoms with Crippen LogP contribution in [0.5, 0.6) is 0 Å². The monoisotopic (exact) mass is 166 g/mol. The maximum absolute atomic E-state index is 8.94. The Bertz CT molecular complexity index is 179. The summed E-state index contributed by atoms with van der Waals surface area (Å²) >= 11 is 0. The summed E-state index contributed by atoms with van der Waals surface area (Å²) in [7, 11) is 0. The maximum atomic E-state index is 8.94. The van der Waals surface area contributed by atoms with Crippen LogP contribution in [0.2, 0.25) is 0 Å². The second-order valence-corrected chi connectivity index (χ2v) is 4.02. The number of nitrogens with zero attached hydrogens (tertiary/aromatic N) is 1. The third kappa shape index (κ3) is 1.78. The number of rotatable bonds is 2. The van der Waals surface area contributed by atoms with Crippen LogP contribution in [0.4, 0.5) is 0 Å². The zero-order valence-electron chi connectivity index (χ0n) is 8.06. The fourth-order valence-corrected chi connectivity index (χ4v) is 2.17. The highest BCUT2D eigenvalue weighted by Crippen LogP contribution is 2.35. The number of nitrogens with one attached hydrogen (secondary N) is 1. The summed E-state index contributed by atoms with van der Waals surface area (Å²) < 4.78 is 0. The molecule has 0 aromatic heterocycles. The van der Waals surface area contributed by atoms with Crippen LogP contribution in [0.15, 0.2) is 0 Å². The third-order valence-electron chi connectivity index (χ3n) is 2.92. The fourth-order valence-electron chi connectivity index (χ4n) is 2.17. The van der Waals surface area contributed by atoms with Crippen molar-refractivity contribution in [3.8, 4) is 6.07 Å². The molecule has 0 bridgehead atoms. The van der Waals surface area contributed by atoms with Gasteiger partial charge in [-0.2, -0.15) is 5.26 Å². The number of hydrogen-bond donors (Lipinski definition) is 1. The third-order valence-corrected chi connectivity index (χ3v) is 2.92. The molecule has 0 aliphatic carbocycles. The maximum Gasteiger partial charge on any atom is 0.101 e. The predicted molar refractivity (Wildman–Crippen MR) is 49.7 cm³/mol. The summed E-state index contributed by atoms with van der Waals surface area (Å²) in [4.78, 5) is 0. The molecule has 2 nitrogen and oxygen atoms in total. The number of hydrogen-bond acceptors (Lipinski definition) is 2. The highest BCUT2D eigenvalue weighted by molar-refractivity contribution is 5.03. The first-order valence-corrected chi connectivity index (χ1v) is 4.86. The van der Waals surface area contributed by atoms with E-state index in [9.17, 15) is 0 Å². The lowest BCUT2D eigenvalue weighted by atomic mass is 9.73. The Morgan fingerprint density at radius 3 is 3.00 bits per heavy atom. The lowest BCUT2D eigenvalue weighted by molar-refractivity contribution is 0.176. The van der Waals surface area contributed by atoms with E-state index in [2.05, 4.69) is 25.2 Å². The standard InChI is InChI=1S/C10H18N2/c1-3-5-10(2)6-4-7-12-9(10)8-11/h9,12H,3-7H2,1-2H3. The van der Waals surface area contributed by atoms with Crippen LogP contribution >= 0.6 is 0 Å². The quantitative estimate of drug-likeness (QED) is 0.681. The average molecular weight is 166 g/mol. The first-order chi connectivity index (χ1) is 5.73. The Labute approximate surface area is 75.0 Å². The number of piperidine rings is 1. The molecule has 0 aromatic rings. The second-order valence-electron chi connectivity index (χ2n) is 4.02. The SMILES string of the molecule is CCCC1(C)CCCNC1C#N. The largest absolute Gasteiger partial charge is 0.301 e. The van der Waals surface area contributed by atoms with Crippen LogP contribution in [-0.4, -0.2) is 12.6 Å². The van der Waals surface area contributed by atoms with E-state index < -0.39 is 0 Å². The van der Waals surface area contributed by atoms with Gasteiger partial charge in [-0.1, -0.05) is 20.3 Å². The minimum atomic E-state index is 0.0752. The van der Waals surface area contributed by atoms with Gasteiger partial charge in [-0.15, -0.1) is 0 Å². The molecule has 0 amide bonds. The summed E-state index contributed by atoms with van der Waals surface area (Å²) in [5, 5.41) is 12.2. The molecule has 1 heterocycles. The van der Waals surface area contributed by atoms with Gasteiger partial charge >= 0.3 is 0 Å². The molecule has 0 saturated carbocycles.